The van der Waals surface area contributed by atoms with Gasteiger partial charge < -0.3 is 15.5 Å². The molecule has 0 radical (unpaired) electrons. The standard InChI is InChI=1S/C11H12N2O2S/c1-12-5-8-6-13-11(16-8)7-2-3-9(14)10(15)4-7/h2-4,6,12,14-15H,5H2,1H3. The van der Waals surface area contributed by atoms with Gasteiger partial charge in [-0.05, 0) is 25.2 Å². The van der Waals surface area contributed by atoms with Gasteiger partial charge in [-0.3, -0.25) is 0 Å². The molecule has 1 aromatic carbocycles. The van der Waals surface area contributed by atoms with Crippen LogP contribution in [0.2, 0.25) is 0 Å². The zero-order valence-electron chi connectivity index (χ0n) is 8.77. The van der Waals surface area contributed by atoms with Crippen molar-refractivity contribution in [2.75, 3.05) is 7.05 Å². The van der Waals surface area contributed by atoms with Gasteiger partial charge in [0.1, 0.15) is 5.01 Å². The van der Waals surface area contributed by atoms with E-state index >= 15 is 0 Å². The van der Waals surface area contributed by atoms with Crippen molar-refractivity contribution in [1.82, 2.24) is 10.3 Å². The molecular formula is C11H12N2O2S. The number of aromatic nitrogens is 1. The molecule has 16 heavy (non-hydrogen) atoms. The van der Waals surface area contributed by atoms with E-state index in [0.717, 1.165) is 22.0 Å². The first-order chi connectivity index (χ1) is 7.70. The summed E-state index contributed by atoms with van der Waals surface area (Å²) in [5.74, 6) is -0.237. The smallest absolute Gasteiger partial charge is 0.158 e. The maximum Gasteiger partial charge on any atom is 0.158 e. The van der Waals surface area contributed by atoms with Gasteiger partial charge in [0.2, 0.25) is 0 Å². The number of phenols is 2. The molecule has 3 N–H and O–H groups in total. The number of nitrogens with one attached hydrogen (secondary N) is 1. The van der Waals surface area contributed by atoms with Crippen molar-refractivity contribution in [3.63, 3.8) is 0 Å². The average molecular weight is 236 g/mol. The highest BCUT2D eigenvalue weighted by molar-refractivity contribution is 7.15. The summed E-state index contributed by atoms with van der Waals surface area (Å²) < 4.78 is 0. The second-order valence-corrected chi connectivity index (χ2v) is 4.48. The van der Waals surface area contributed by atoms with Crippen molar-refractivity contribution in [3.05, 3.63) is 29.3 Å². The van der Waals surface area contributed by atoms with Crippen LogP contribution in [-0.4, -0.2) is 22.2 Å². The van der Waals surface area contributed by atoms with Crippen molar-refractivity contribution in [1.29, 1.82) is 0 Å². The van der Waals surface area contributed by atoms with E-state index in [1.165, 1.54) is 12.1 Å². The summed E-state index contributed by atoms with van der Waals surface area (Å²) in [7, 11) is 1.88. The quantitative estimate of drug-likeness (QED) is 0.713. The van der Waals surface area contributed by atoms with E-state index in [-0.39, 0.29) is 11.5 Å². The average Bonchev–Trinajstić information content (AvgIpc) is 2.71. The van der Waals surface area contributed by atoms with Crippen LogP contribution in [0.15, 0.2) is 24.4 Å². The fourth-order valence-corrected chi connectivity index (χ4v) is 2.27. The minimum absolute atomic E-state index is 0.115. The van der Waals surface area contributed by atoms with Crippen LogP contribution < -0.4 is 5.32 Å². The molecule has 0 unspecified atom stereocenters. The Kier molecular flexibility index (Phi) is 3.07. The normalized spacial score (nSPS) is 10.6. The van der Waals surface area contributed by atoms with E-state index in [2.05, 4.69) is 10.3 Å². The number of aromatic hydroxyl groups is 2. The molecule has 2 aromatic rings. The molecule has 0 aliphatic carbocycles. The number of phenolic OH excluding ortho intramolecular Hbond substituents is 2. The van der Waals surface area contributed by atoms with Crippen molar-refractivity contribution < 1.29 is 10.2 Å². The molecule has 2 rings (SSSR count). The van der Waals surface area contributed by atoms with E-state index < -0.39 is 0 Å². The molecule has 0 bridgehead atoms. The lowest BCUT2D eigenvalue weighted by molar-refractivity contribution is 0.404. The third kappa shape index (κ3) is 2.15. The Bertz CT molecular complexity index is 496. The first-order valence-corrected chi connectivity index (χ1v) is 5.64. The van der Waals surface area contributed by atoms with Crippen LogP contribution in [0.4, 0.5) is 0 Å². The summed E-state index contributed by atoms with van der Waals surface area (Å²) in [5, 5.41) is 22.5. The summed E-state index contributed by atoms with van der Waals surface area (Å²) >= 11 is 1.56. The maximum atomic E-state index is 9.39. The zero-order chi connectivity index (χ0) is 11.5. The molecule has 5 heteroatoms. The molecule has 4 nitrogen and oxygen atoms in total. The first kappa shape index (κ1) is 10.9. The number of nitrogens with zero attached hydrogens (tertiary/aromatic N) is 1. The van der Waals surface area contributed by atoms with Gasteiger partial charge in [0.05, 0.1) is 0 Å². The van der Waals surface area contributed by atoms with Crippen LogP contribution in [0.1, 0.15) is 4.88 Å². The second kappa shape index (κ2) is 4.51. The lowest BCUT2D eigenvalue weighted by Crippen LogP contribution is -2.02. The van der Waals surface area contributed by atoms with Gasteiger partial charge >= 0.3 is 0 Å². The Morgan fingerprint density at radius 1 is 1.31 bits per heavy atom. The molecule has 0 aliphatic rings. The molecular weight excluding hydrogens is 224 g/mol. The highest BCUT2D eigenvalue weighted by atomic mass is 32.1. The maximum absolute atomic E-state index is 9.39. The molecule has 1 aromatic heterocycles. The Labute approximate surface area is 97.2 Å². The molecule has 0 aliphatic heterocycles. The van der Waals surface area contributed by atoms with E-state index in [1.807, 2.05) is 7.05 Å². The molecule has 0 saturated carbocycles. The summed E-state index contributed by atoms with van der Waals surface area (Å²) in [6.07, 6.45) is 1.81. The fourth-order valence-electron chi connectivity index (χ4n) is 1.35. The molecule has 0 atom stereocenters. The number of benzene rings is 1. The molecule has 1 heterocycles. The monoisotopic (exact) mass is 236 g/mol. The summed E-state index contributed by atoms with van der Waals surface area (Å²) in [5.41, 5.74) is 0.808. The van der Waals surface area contributed by atoms with Crippen LogP contribution >= 0.6 is 11.3 Å². The largest absolute Gasteiger partial charge is 0.504 e. The molecule has 0 fully saturated rings. The van der Waals surface area contributed by atoms with Gasteiger partial charge in [0.15, 0.2) is 11.5 Å². The van der Waals surface area contributed by atoms with Gasteiger partial charge in [-0.25, -0.2) is 4.98 Å². The molecule has 84 valence electrons. The Balaban J connectivity index is 2.31. The number of rotatable bonds is 3. The predicted molar refractivity (Wildman–Crippen MR) is 63.6 cm³/mol. The Hall–Kier alpha value is -1.59. The first-order valence-electron chi connectivity index (χ1n) is 4.82. The SMILES string of the molecule is CNCc1cnc(-c2ccc(O)c(O)c2)s1. The lowest BCUT2D eigenvalue weighted by atomic mass is 10.2. The zero-order valence-corrected chi connectivity index (χ0v) is 9.58. The van der Waals surface area contributed by atoms with Crippen LogP contribution in [-0.2, 0) is 6.54 Å². The highest BCUT2D eigenvalue weighted by Crippen LogP contribution is 2.32. The van der Waals surface area contributed by atoms with E-state index in [4.69, 9.17) is 0 Å². The van der Waals surface area contributed by atoms with Gasteiger partial charge in [-0.1, -0.05) is 0 Å². The van der Waals surface area contributed by atoms with Crippen molar-refractivity contribution in [2.24, 2.45) is 0 Å². The van der Waals surface area contributed by atoms with Crippen LogP contribution in [0.5, 0.6) is 11.5 Å². The minimum Gasteiger partial charge on any atom is -0.504 e. The predicted octanol–water partition coefficient (Wildman–Crippen LogP) is 1.94. The van der Waals surface area contributed by atoms with Gasteiger partial charge in [0.25, 0.3) is 0 Å². The van der Waals surface area contributed by atoms with Crippen molar-refractivity contribution >= 4 is 11.3 Å². The summed E-state index contributed by atoms with van der Waals surface area (Å²) in [6.45, 7) is 0.779. The van der Waals surface area contributed by atoms with E-state index in [0.29, 0.717) is 0 Å². The van der Waals surface area contributed by atoms with Crippen molar-refractivity contribution in [2.45, 2.75) is 6.54 Å². The molecule has 0 amide bonds. The Morgan fingerprint density at radius 3 is 2.81 bits per heavy atom. The number of hydrogen-bond acceptors (Lipinski definition) is 5. The minimum atomic E-state index is -0.122. The fraction of sp³-hybridized carbons (Fsp3) is 0.182. The number of thiazole rings is 1. The van der Waals surface area contributed by atoms with Crippen LogP contribution in [0.25, 0.3) is 10.6 Å². The number of hydrogen-bond donors (Lipinski definition) is 3. The third-order valence-electron chi connectivity index (χ3n) is 2.13. The highest BCUT2D eigenvalue weighted by Gasteiger charge is 2.07. The second-order valence-electron chi connectivity index (χ2n) is 3.37. The van der Waals surface area contributed by atoms with E-state index in [9.17, 15) is 10.2 Å². The van der Waals surface area contributed by atoms with Gasteiger partial charge in [-0.15, -0.1) is 11.3 Å². The van der Waals surface area contributed by atoms with E-state index in [1.54, 1.807) is 23.6 Å². The third-order valence-corrected chi connectivity index (χ3v) is 3.17. The summed E-state index contributed by atoms with van der Waals surface area (Å²) in [4.78, 5) is 5.39. The Morgan fingerprint density at radius 2 is 2.12 bits per heavy atom. The van der Waals surface area contributed by atoms with Crippen molar-refractivity contribution in [3.8, 4) is 22.1 Å². The van der Waals surface area contributed by atoms with Crippen LogP contribution in [0, 0.1) is 0 Å². The van der Waals surface area contributed by atoms with Gasteiger partial charge in [-0.2, -0.15) is 0 Å². The molecule has 0 saturated heterocycles. The topological polar surface area (TPSA) is 65.4 Å². The summed E-state index contributed by atoms with van der Waals surface area (Å²) in [6, 6.07) is 4.71. The van der Waals surface area contributed by atoms with Crippen LogP contribution in [0.3, 0.4) is 0 Å². The molecule has 0 spiro atoms. The van der Waals surface area contributed by atoms with Gasteiger partial charge in [0, 0.05) is 23.2 Å². The lowest BCUT2D eigenvalue weighted by Gasteiger charge is -1.99.